The molecule has 0 amide bonds. The Morgan fingerprint density at radius 1 is 1.00 bits per heavy atom. The van der Waals surface area contributed by atoms with Gasteiger partial charge >= 0.3 is 12.4 Å². The third kappa shape index (κ3) is 4.01. The molecule has 0 saturated carbocycles. The number of ketones is 1. The average molecular weight is 284 g/mol. The highest BCUT2D eigenvalue weighted by Gasteiger charge is 2.37. The first-order valence-corrected chi connectivity index (χ1v) is 4.71. The van der Waals surface area contributed by atoms with Crippen LogP contribution in [0.25, 0.3) is 5.76 Å². The molecule has 0 aromatic heterocycles. The maximum atomic E-state index is 12.2. The molecule has 19 heavy (non-hydrogen) atoms. The maximum Gasteiger partial charge on any atom is 0.454 e. The SMILES string of the molecule is O=C(C=C(O)c1ccc(C(F)(F)F)cc1)C(F)(F)F. The van der Waals surface area contributed by atoms with Crippen LogP contribution in [0.4, 0.5) is 26.3 Å². The smallest absolute Gasteiger partial charge is 0.454 e. The van der Waals surface area contributed by atoms with Gasteiger partial charge in [-0.2, -0.15) is 26.3 Å². The number of carbonyl (C=O) groups is 1. The molecule has 1 aromatic carbocycles. The molecule has 1 aromatic rings. The fourth-order valence-electron chi connectivity index (χ4n) is 1.12. The summed E-state index contributed by atoms with van der Waals surface area (Å²) in [5.41, 5.74) is -1.35. The standard InChI is InChI=1S/C11H6F6O2/c12-10(13,14)7-3-1-6(2-4-7)8(18)5-9(19)11(15,16)17/h1-5,18H. The van der Waals surface area contributed by atoms with Crippen molar-refractivity contribution in [2.24, 2.45) is 0 Å². The average Bonchev–Trinajstić information content (AvgIpc) is 2.26. The minimum atomic E-state index is -5.15. The van der Waals surface area contributed by atoms with Crippen LogP contribution in [0.5, 0.6) is 0 Å². The van der Waals surface area contributed by atoms with Gasteiger partial charge in [0.1, 0.15) is 5.76 Å². The van der Waals surface area contributed by atoms with Crippen molar-refractivity contribution < 1.29 is 36.2 Å². The molecule has 0 unspecified atom stereocenters. The Balaban J connectivity index is 2.99. The molecule has 0 fully saturated rings. The van der Waals surface area contributed by atoms with E-state index in [4.69, 9.17) is 0 Å². The van der Waals surface area contributed by atoms with E-state index >= 15 is 0 Å². The van der Waals surface area contributed by atoms with Gasteiger partial charge in [0, 0.05) is 11.6 Å². The van der Waals surface area contributed by atoms with Crippen LogP contribution in [-0.2, 0) is 11.0 Å². The number of hydrogen-bond donors (Lipinski definition) is 1. The van der Waals surface area contributed by atoms with Gasteiger partial charge in [0.2, 0.25) is 0 Å². The number of aliphatic hydroxyl groups excluding tert-OH is 1. The van der Waals surface area contributed by atoms with Crippen molar-refractivity contribution in [3.05, 3.63) is 41.5 Å². The van der Waals surface area contributed by atoms with E-state index in [9.17, 15) is 36.2 Å². The lowest BCUT2D eigenvalue weighted by atomic mass is 10.1. The van der Waals surface area contributed by atoms with Crippen LogP contribution >= 0.6 is 0 Å². The van der Waals surface area contributed by atoms with Gasteiger partial charge < -0.3 is 5.11 Å². The van der Waals surface area contributed by atoms with Crippen molar-refractivity contribution in [1.29, 1.82) is 0 Å². The van der Waals surface area contributed by atoms with Crippen LogP contribution < -0.4 is 0 Å². The number of aliphatic hydroxyl groups is 1. The third-order valence-corrected chi connectivity index (χ3v) is 2.06. The second-order valence-corrected chi connectivity index (χ2v) is 3.47. The molecule has 0 atom stereocenters. The first kappa shape index (κ1) is 15.1. The Hall–Kier alpha value is -1.99. The van der Waals surface area contributed by atoms with E-state index in [1.54, 1.807) is 0 Å². The van der Waals surface area contributed by atoms with Crippen molar-refractivity contribution in [3.63, 3.8) is 0 Å². The fourth-order valence-corrected chi connectivity index (χ4v) is 1.12. The van der Waals surface area contributed by atoms with Crippen LogP contribution in [0.2, 0.25) is 0 Å². The molecule has 0 aliphatic carbocycles. The number of benzene rings is 1. The molecule has 8 heteroatoms. The van der Waals surface area contributed by atoms with Crippen molar-refractivity contribution in [3.8, 4) is 0 Å². The Bertz CT molecular complexity index is 495. The van der Waals surface area contributed by atoms with Crippen molar-refractivity contribution in [2.75, 3.05) is 0 Å². The van der Waals surface area contributed by atoms with Crippen molar-refractivity contribution in [2.45, 2.75) is 12.4 Å². The Kier molecular flexibility index (Phi) is 3.92. The van der Waals surface area contributed by atoms with Crippen LogP contribution in [0, 0.1) is 0 Å². The van der Waals surface area contributed by atoms with Crippen LogP contribution in [0.1, 0.15) is 11.1 Å². The van der Waals surface area contributed by atoms with Gasteiger partial charge in [-0.05, 0) is 12.1 Å². The highest BCUT2D eigenvalue weighted by molar-refractivity contribution is 5.99. The van der Waals surface area contributed by atoms with Crippen molar-refractivity contribution >= 4 is 11.5 Å². The Morgan fingerprint density at radius 2 is 1.47 bits per heavy atom. The molecule has 2 nitrogen and oxygen atoms in total. The van der Waals surface area contributed by atoms with Gasteiger partial charge in [-0.25, -0.2) is 0 Å². The van der Waals surface area contributed by atoms with Gasteiger partial charge in [0.15, 0.2) is 0 Å². The van der Waals surface area contributed by atoms with Gasteiger partial charge in [-0.15, -0.1) is 0 Å². The molecule has 0 aliphatic heterocycles. The zero-order chi connectivity index (χ0) is 14.8. The first-order valence-electron chi connectivity index (χ1n) is 4.71. The van der Waals surface area contributed by atoms with Crippen LogP contribution in [-0.4, -0.2) is 17.1 Å². The first-order chi connectivity index (χ1) is 8.51. The van der Waals surface area contributed by atoms with Gasteiger partial charge in [-0.1, -0.05) is 12.1 Å². The highest BCUT2D eigenvalue weighted by Crippen LogP contribution is 2.30. The molecule has 0 radical (unpaired) electrons. The summed E-state index contributed by atoms with van der Waals surface area (Å²) in [7, 11) is 0. The van der Waals surface area contributed by atoms with Gasteiger partial charge in [-0.3, -0.25) is 4.79 Å². The van der Waals surface area contributed by atoms with E-state index in [1.165, 1.54) is 0 Å². The third-order valence-electron chi connectivity index (χ3n) is 2.06. The summed E-state index contributed by atoms with van der Waals surface area (Å²) in [6.07, 6.45) is -9.85. The number of rotatable bonds is 2. The number of halogens is 6. The van der Waals surface area contributed by atoms with E-state index in [0.29, 0.717) is 12.1 Å². The molecule has 1 N–H and O–H groups in total. The van der Waals surface area contributed by atoms with E-state index in [0.717, 1.165) is 12.1 Å². The quantitative estimate of drug-likeness (QED) is 0.510. The second-order valence-electron chi connectivity index (χ2n) is 3.47. The summed E-state index contributed by atoms with van der Waals surface area (Å²) < 4.78 is 72.3. The lowest BCUT2D eigenvalue weighted by Gasteiger charge is -2.07. The highest BCUT2D eigenvalue weighted by atomic mass is 19.4. The largest absolute Gasteiger partial charge is 0.507 e. The lowest BCUT2D eigenvalue weighted by Crippen LogP contribution is -2.20. The second kappa shape index (κ2) is 4.94. The molecular formula is C11H6F6O2. The summed E-state index contributed by atoms with van der Waals surface area (Å²) in [4.78, 5) is 10.5. The molecule has 1 rings (SSSR count). The maximum absolute atomic E-state index is 12.2. The Labute approximate surface area is 103 Å². The topological polar surface area (TPSA) is 37.3 Å². The van der Waals surface area contributed by atoms with E-state index < -0.39 is 29.5 Å². The predicted molar refractivity (Wildman–Crippen MR) is 53.1 cm³/mol. The molecule has 104 valence electrons. The van der Waals surface area contributed by atoms with E-state index in [2.05, 4.69) is 0 Å². The minimum absolute atomic E-state index is 0.0946. The molecular weight excluding hydrogens is 278 g/mol. The zero-order valence-electron chi connectivity index (χ0n) is 9.01. The van der Waals surface area contributed by atoms with E-state index in [-0.39, 0.29) is 11.6 Å². The molecule has 0 saturated heterocycles. The zero-order valence-corrected chi connectivity index (χ0v) is 9.01. The summed E-state index contributed by atoms with van der Waals surface area (Å²) in [6, 6.07) is 2.69. The fraction of sp³-hybridized carbons (Fsp3) is 0.182. The minimum Gasteiger partial charge on any atom is -0.507 e. The lowest BCUT2D eigenvalue weighted by molar-refractivity contribution is -0.165. The summed E-state index contributed by atoms with van der Waals surface area (Å²) >= 11 is 0. The van der Waals surface area contributed by atoms with Crippen molar-refractivity contribution in [1.82, 2.24) is 0 Å². The Morgan fingerprint density at radius 3 is 1.84 bits per heavy atom. The van der Waals surface area contributed by atoms with Crippen LogP contribution in [0.3, 0.4) is 0 Å². The monoisotopic (exact) mass is 284 g/mol. The van der Waals surface area contributed by atoms with E-state index in [1.807, 2.05) is 0 Å². The molecule has 0 heterocycles. The van der Waals surface area contributed by atoms with Gasteiger partial charge in [0.05, 0.1) is 5.56 Å². The molecule has 0 bridgehead atoms. The summed E-state index contributed by atoms with van der Waals surface area (Å²) in [5, 5.41) is 9.21. The molecule has 0 aliphatic rings. The van der Waals surface area contributed by atoms with Crippen LogP contribution in [0.15, 0.2) is 30.3 Å². The summed E-state index contributed by atoms with van der Waals surface area (Å²) in [5.74, 6) is -3.36. The molecule has 0 spiro atoms. The number of carbonyl (C=O) groups excluding carboxylic acids is 1. The normalized spacial score (nSPS) is 13.5. The number of allylic oxidation sites excluding steroid dienone is 1. The predicted octanol–water partition coefficient (Wildman–Crippen LogP) is 3.74. The van der Waals surface area contributed by atoms with Gasteiger partial charge in [0.25, 0.3) is 5.78 Å². The number of hydrogen-bond acceptors (Lipinski definition) is 2. The summed E-state index contributed by atoms with van der Waals surface area (Å²) in [6.45, 7) is 0. The number of alkyl halides is 6.